The van der Waals surface area contributed by atoms with Crippen LogP contribution in [0.2, 0.25) is 0 Å². The molecule has 1 unspecified atom stereocenters. The van der Waals surface area contributed by atoms with Gasteiger partial charge in [0.05, 0.1) is 24.6 Å². The number of hydrogen-bond acceptors (Lipinski definition) is 8. The largest absolute Gasteiger partial charge is 0.457 e. The number of para-hydroxylation sites is 1. The number of likely N-dealkylation sites (tertiary alicyclic amines) is 1. The lowest BCUT2D eigenvalue weighted by Gasteiger charge is -2.20. The first-order valence-corrected chi connectivity index (χ1v) is 14.6. The molecule has 0 bridgehead atoms. The molecule has 5 rings (SSSR count). The summed E-state index contributed by atoms with van der Waals surface area (Å²) >= 11 is 0. The summed E-state index contributed by atoms with van der Waals surface area (Å²) in [7, 11) is 3.38. The van der Waals surface area contributed by atoms with Gasteiger partial charge in [0, 0.05) is 64.3 Å². The second-order valence-corrected chi connectivity index (χ2v) is 10.6. The molecule has 2 aromatic heterocycles. The van der Waals surface area contributed by atoms with E-state index in [1.807, 2.05) is 65.6 Å². The van der Waals surface area contributed by atoms with Gasteiger partial charge in [-0.25, -0.2) is 9.97 Å². The van der Waals surface area contributed by atoms with E-state index in [1.165, 1.54) is 6.33 Å². The van der Waals surface area contributed by atoms with Crippen LogP contribution in [0.15, 0.2) is 73.1 Å². The zero-order valence-corrected chi connectivity index (χ0v) is 25.1. The summed E-state index contributed by atoms with van der Waals surface area (Å²) in [5.41, 5.74) is 10.3. The van der Waals surface area contributed by atoms with Crippen LogP contribution in [-0.2, 0) is 14.3 Å². The smallest absolute Gasteiger partial charge is 0.246 e. The topological polar surface area (TPSA) is 108 Å². The highest BCUT2D eigenvalue weighted by Gasteiger charge is 2.31. The van der Waals surface area contributed by atoms with Gasteiger partial charge in [0.15, 0.2) is 0 Å². The molecular weight excluding hydrogens is 544 g/mol. The van der Waals surface area contributed by atoms with Gasteiger partial charge in [-0.15, -0.1) is 0 Å². The molecule has 43 heavy (non-hydrogen) atoms. The highest BCUT2D eigenvalue weighted by molar-refractivity contribution is 6.02. The third-order valence-corrected chi connectivity index (χ3v) is 7.87. The summed E-state index contributed by atoms with van der Waals surface area (Å²) in [5.74, 6) is 1.98. The fourth-order valence-corrected chi connectivity index (χ4v) is 5.68. The third-order valence-electron chi connectivity index (χ3n) is 7.87. The summed E-state index contributed by atoms with van der Waals surface area (Å²) in [6.45, 7) is 6.83. The van der Waals surface area contributed by atoms with Gasteiger partial charge < -0.3 is 29.4 Å². The molecular formula is C33H40N6O4. The summed E-state index contributed by atoms with van der Waals surface area (Å²) in [6, 6.07) is 17.8. The van der Waals surface area contributed by atoms with E-state index < -0.39 is 0 Å². The fraction of sp³-hybridized carbons (Fsp3) is 0.364. The van der Waals surface area contributed by atoms with Crippen LogP contribution in [0.5, 0.6) is 11.5 Å². The normalized spacial score (nSPS) is 15.3. The number of hydrogen-bond donors (Lipinski definition) is 1. The van der Waals surface area contributed by atoms with Crippen LogP contribution in [0.1, 0.15) is 18.2 Å². The minimum atomic E-state index is 0.0124. The van der Waals surface area contributed by atoms with Gasteiger partial charge in [0.25, 0.3) is 0 Å². The van der Waals surface area contributed by atoms with Crippen LogP contribution in [0.4, 0.5) is 5.82 Å². The molecule has 4 aromatic rings. The molecule has 1 amide bonds. The van der Waals surface area contributed by atoms with Crippen molar-refractivity contribution in [1.29, 1.82) is 0 Å². The quantitative estimate of drug-likeness (QED) is 0.225. The maximum Gasteiger partial charge on any atom is 0.246 e. The number of nitrogens with two attached hydrogens (primary N) is 1. The molecule has 0 spiro atoms. The minimum absolute atomic E-state index is 0.0124. The fourth-order valence-electron chi connectivity index (χ4n) is 5.68. The summed E-state index contributed by atoms with van der Waals surface area (Å²) < 4.78 is 18.6. The van der Waals surface area contributed by atoms with Crippen molar-refractivity contribution in [1.82, 2.24) is 24.3 Å². The van der Waals surface area contributed by atoms with E-state index >= 15 is 0 Å². The zero-order chi connectivity index (χ0) is 30.2. The minimum Gasteiger partial charge on any atom is -0.457 e. The van der Waals surface area contributed by atoms with Crippen molar-refractivity contribution in [3.63, 3.8) is 0 Å². The average molecular weight is 585 g/mol. The highest BCUT2D eigenvalue weighted by atomic mass is 16.5. The standard InChI is InChI=1S/C33H40N6O4/c1-24-30(25-11-13-28(14-12-25)43-27-8-5-4-6-9-27)31-32(34)35-23-36-33(31)39(24)26-15-17-38(22-26)29(40)10-7-16-37(18-20-41-2)19-21-42-3/h4-14,23,26H,15-22H2,1-3H3,(H2,34,35,36)/b10-7+. The number of methoxy groups -OCH3 is 2. The molecule has 0 aliphatic carbocycles. The van der Waals surface area contributed by atoms with Gasteiger partial charge in [-0.2, -0.15) is 0 Å². The molecule has 10 nitrogen and oxygen atoms in total. The lowest BCUT2D eigenvalue weighted by molar-refractivity contribution is -0.125. The first kappa shape index (κ1) is 30.2. The molecule has 1 aliphatic rings. The number of amides is 1. The number of anilines is 1. The van der Waals surface area contributed by atoms with Gasteiger partial charge in [0.1, 0.15) is 29.3 Å². The van der Waals surface area contributed by atoms with Crippen molar-refractivity contribution in [2.45, 2.75) is 19.4 Å². The Hall–Kier alpha value is -4.25. The number of aromatic nitrogens is 3. The number of benzene rings is 2. The van der Waals surface area contributed by atoms with E-state index in [-0.39, 0.29) is 11.9 Å². The predicted octanol–water partition coefficient (Wildman–Crippen LogP) is 4.71. The van der Waals surface area contributed by atoms with Gasteiger partial charge in [-0.05, 0) is 43.2 Å². The third kappa shape index (κ3) is 7.05. The van der Waals surface area contributed by atoms with Crippen molar-refractivity contribution in [2.24, 2.45) is 0 Å². The monoisotopic (exact) mass is 584 g/mol. The second kappa shape index (κ2) is 14.3. The summed E-state index contributed by atoms with van der Waals surface area (Å²) in [4.78, 5) is 26.2. The highest BCUT2D eigenvalue weighted by Crippen LogP contribution is 2.40. The lowest BCUT2D eigenvalue weighted by atomic mass is 10.0. The van der Waals surface area contributed by atoms with Crippen molar-refractivity contribution in [3.8, 4) is 22.6 Å². The van der Waals surface area contributed by atoms with Crippen LogP contribution in [0.25, 0.3) is 22.2 Å². The second-order valence-electron chi connectivity index (χ2n) is 10.6. The number of rotatable bonds is 13. The predicted molar refractivity (Wildman–Crippen MR) is 168 cm³/mol. The Balaban J connectivity index is 1.33. The molecule has 0 saturated carbocycles. The number of carbonyl (C=O) groups is 1. The van der Waals surface area contributed by atoms with Crippen molar-refractivity contribution in [2.75, 3.05) is 65.9 Å². The zero-order valence-electron chi connectivity index (χ0n) is 25.1. The Morgan fingerprint density at radius 3 is 2.42 bits per heavy atom. The lowest BCUT2D eigenvalue weighted by Crippen LogP contribution is -2.31. The first-order chi connectivity index (χ1) is 21.0. The number of ether oxygens (including phenoxy) is 3. The van der Waals surface area contributed by atoms with Crippen LogP contribution in [0, 0.1) is 6.92 Å². The molecule has 226 valence electrons. The molecule has 0 radical (unpaired) electrons. The Bertz CT molecular complexity index is 1530. The number of fused-ring (bicyclic) bond motifs is 1. The van der Waals surface area contributed by atoms with E-state index in [0.717, 1.165) is 58.9 Å². The van der Waals surface area contributed by atoms with Crippen molar-refractivity contribution < 1.29 is 19.0 Å². The molecule has 1 fully saturated rings. The molecule has 1 atom stereocenters. The van der Waals surface area contributed by atoms with Gasteiger partial charge >= 0.3 is 0 Å². The van der Waals surface area contributed by atoms with Crippen molar-refractivity contribution in [3.05, 3.63) is 78.8 Å². The van der Waals surface area contributed by atoms with Crippen LogP contribution >= 0.6 is 0 Å². The molecule has 2 aromatic carbocycles. The van der Waals surface area contributed by atoms with E-state index in [0.29, 0.717) is 38.7 Å². The van der Waals surface area contributed by atoms with Crippen LogP contribution < -0.4 is 10.5 Å². The Labute approximate surface area is 252 Å². The summed E-state index contributed by atoms with van der Waals surface area (Å²) in [6.07, 6.45) is 5.94. The Kier molecular flexibility index (Phi) is 10.0. The first-order valence-electron chi connectivity index (χ1n) is 14.6. The SMILES string of the molecule is COCCN(C/C=C/C(=O)N1CCC(n2c(C)c(-c3ccc(Oc4ccccc4)cc3)c3c(N)ncnc32)C1)CCOC. The van der Waals surface area contributed by atoms with E-state index in [9.17, 15) is 4.79 Å². The summed E-state index contributed by atoms with van der Waals surface area (Å²) in [5, 5.41) is 0.827. The van der Waals surface area contributed by atoms with Crippen LogP contribution in [0.3, 0.4) is 0 Å². The molecule has 2 N–H and O–H groups in total. The van der Waals surface area contributed by atoms with E-state index in [2.05, 4.69) is 26.4 Å². The number of carbonyl (C=O) groups excluding carboxylic acids is 1. The number of nitrogens with zero attached hydrogens (tertiary/aromatic N) is 5. The van der Waals surface area contributed by atoms with E-state index in [1.54, 1.807) is 20.3 Å². The average Bonchev–Trinajstić information content (AvgIpc) is 3.62. The maximum atomic E-state index is 13.1. The maximum absolute atomic E-state index is 13.1. The van der Waals surface area contributed by atoms with Gasteiger partial charge in [0.2, 0.25) is 5.91 Å². The Morgan fingerprint density at radius 1 is 1.02 bits per heavy atom. The molecule has 1 saturated heterocycles. The molecule has 1 aliphatic heterocycles. The number of nitrogen functional groups attached to an aromatic ring is 1. The van der Waals surface area contributed by atoms with Gasteiger partial charge in [-0.3, -0.25) is 9.69 Å². The van der Waals surface area contributed by atoms with Crippen LogP contribution in [-0.4, -0.2) is 90.4 Å². The molecule has 3 heterocycles. The van der Waals surface area contributed by atoms with Gasteiger partial charge in [-0.1, -0.05) is 36.4 Å². The molecule has 10 heteroatoms. The van der Waals surface area contributed by atoms with Crippen molar-refractivity contribution >= 4 is 22.8 Å². The Morgan fingerprint density at radius 2 is 1.72 bits per heavy atom. The van der Waals surface area contributed by atoms with E-state index in [4.69, 9.17) is 19.9 Å².